The van der Waals surface area contributed by atoms with Crippen molar-refractivity contribution in [1.82, 2.24) is 9.80 Å². The molecule has 8 heteroatoms. The maximum Gasteiger partial charge on any atom is 0.249 e. The average Bonchev–Trinajstić information content (AvgIpc) is 3.67. The second-order valence-electron chi connectivity index (χ2n) is 12.8. The lowest BCUT2D eigenvalue weighted by Gasteiger charge is -2.41. The first-order chi connectivity index (χ1) is 21.7. The summed E-state index contributed by atoms with van der Waals surface area (Å²) in [6.07, 6.45) is 5.65. The summed E-state index contributed by atoms with van der Waals surface area (Å²) in [5.74, 6) is -2.47. The number of anilines is 1. The molecular formula is C37H47N3O5. The van der Waals surface area contributed by atoms with E-state index < -0.39 is 35.1 Å². The topological polar surface area (TPSA) is 90.4 Å². The zero-order valence-electron chi connectivity index (χ0n) is 26.8. The van der Waals surface area contributed by atoms with Crippen molar-refractivity contribution in [3.63, 3.8) is 0 Å². The lowest BCUT2D eigenvalue weighted by Crippen LogP contribution is -2.59. The van der Waals surface area contributed by atoms with Gasteiger partial charge in [0.2, 0.25) is 17.7 Å². The number of amides is 3. The quantitative estimate of drug-likeness (QED) is 0.304. The van der Waals surface area contributed by atoms with E-state index >= 15 is 0 Å². The maximum absolute atomic E-state index is 14.9. The molecule has 2 bridgehead atoms. The Hall–Kier alpha value is -3.75. The van der Waals surface area contributed by atoms with Gasteiger partial charge in [-0.2, -0.15) is 0 Å². The second-order valence-corrected chi connectivity index (χ2v) is 12.8. The van der Waals surface area contributed by atoms with Gasteiger partial charge in [0.05, 0.1) is 30.1 Å². The molecule has 8 nitrogen and oxygen atoms in total. The SMILES string of the molecule is C=CCN(Cc1ccccc1)C(=O)C1N([C@@H](CO)[C@@H](C)CC)C(=O)[C@@H]2[C@@H](C(=O)N(CC=C)c3ccccc3)[C@@]3(CC)CCC12O3. The third-order valence-corrected chi connectivity index (χ3v) is 10.5. The summed E-state index contributed by atoms with van der Waals surface area (Å²) in [4.78, 5) is 49.5. The number of para-hydroxylation sites is 1. The zero-order chi connectivity index (χ0) is 32.4. The van der Waals surface area contributed by atoms with Crippen LogP contribution in [0.2, 0.25) is 0 Å². The molecule has 5 rings (SSSR count). The number of likely N-dealkylation sites (tertiary alicyclic amines) is 1. The predicted octanol–water partition coefficient (Wildman–Crippen LogP) is 4.98. The summed E-state index contributed by atoms with van der Waals surface area (Å²) >= 11 is 0. The van der Waals surface area contributed by atoms with Crippen LogP contribution in [0.3, 0.4) is 0 Å². The van der Waals surface area contributed by atoms with Crippen molar-refractivity contribution >= 4 is 23.4 Å². The number of hydrogen-bond donors (Lipinski definition) is 1. The highest BCUT2D eigenvalue weighted by molar-refractivity contribution is 6.03. The molecule has 2 unspecified atom stereocenters. The van der Waals surface area contributed by atoms with Gasteiger partial charge in [-0.1, -0.05) is 87.9 Å². The highest BCUT2D eigenvalue weighted by Crippen LogP contribution is 2.65. The molecule has 3 fully saturated rings. The molecule has 0 saturated carbocycles. The molecule has 0 radical (unpaired) electrons. The molecule has 3 aliphatic rings. The number of benzene rings is 2. The van der Waals surface area contributed by atoms with Gasteiger partial charge >= 0.3 is 0 Å². The van der Waals surface area contributed by atoms with E-state index in [4.69, 9.17) is 4.74 Å². The Morgan fingerprint density at radius 3 is 2.24 bits per heavy atom. The average molecular weight is 614 g/mol. The molecule has 3 heterocycles. The molecule has 3 aliphatic heterocycles. The van der Waals surface area contributed by atoms with Crippen LogP contribution in [0.25, 0.3) is 0 Å². The number of ether oxygens (including phenoxy) is 1. The van der Waals surface area contributed by atoms with Gasteiger partial charge in [0.25, 0.3) is 0 Å². The maximum atomic E-state index is 14.9. The normalized spacial score (nSPS) is 28.0. The first kappa shape index (κ1) is 32.6. The van der Waals surface area contributed by atoms with Gasteiger partial charge < -0.3 is 24.5 Å². The number of carbonyl (C=O) groups excluding carboxylic acids is 3. The van der Waals surface area contributed by atoms with Crippen molar-refractivity contribution in [2.75, 3.05) is 24.6 Å². The number of hydrogen-bond acceptors (Lipinski definition) is 5. The lowest BCUT2D eigenvalue weighted by atomic mass is 9.64. The molecule has 3 amide bonds. The van der Waals surface area contributed by atoms with Crippen molar-refractivity contribution in [3.05, 3.63) is 91.5 Å². The first-order valence-corrected chi connectivity index (χ1v) is 16.3. The number of fused-ring (bicyclic) bond motifs is 1. The van der Waals surface area contributed by atoms with E-state index in [1.165, 1.54) is 0 Å². The van der Waals surface area contributed by atoms with E-state index in [1.807, 2.05) is 81.4 Å². The fraction of sp³-hybridized carbons (Fsp3) is 0.486. The van der Waals surface area contributed by atoms with Crippen LogP contribution in [-0.4, -0.2) is 75.6 Å². The Labute approximate surface area is 267 Å². The van der Waals surface area contributed by atoms with E-state index in [2.05, 4.69) is 13.2 Å². The molecule has 3 saturated heterocycles. The monoisotopic (exact) mass is 613 g/mol. The summed E-state index contributed by atoms with van der Waals surface area (Å²) in [6, 6.07) is 17.5. The van der Waals surface area contributed by atoms with E-state index in [-0.39, 0.29) is 43.3 Å². The largest absolute Gasteiger partial charge is 0.394 e. The van der Waals surface area contributed by atoms with Crippen LogP contribution in [0.15, 0.2) is 86.0 Å². The highest BCUT2D eigenvalue weighted by Gasteiger charge is 2.79. The van der Waals surface area contributed by atoms with Crippen LogP contribution in [0.1, 0.15) is 52.0 Å². The van der Waals surface area contributed by atoms with Gasteiger partial charge in [-0.05, 0) is 42.9 Å². The number of rotatable bonds is 14. The number of aliphatic hydroxyl groups excluding tert-OH is 1. The van der Waals surface area contributed by atoms with Gasteiger partial charge in [-0.15, -0.1) is 13.2 Å². The molecule has 45 heavy (non-hydrogen) atoms. The molecule has 1 N–H and O–H groups in total. The van der Waals surface area contributed by atoms with E-state index in [9.17, 15) is 19.5 Å². The van der Waals surface area contributed by atoms with Gasteiger partial charge in [0.15, 0.2) is 0 Å². The van der Waals surface area contributed by atoms with E-state index in [1.54, 1.807) is 26.9 Å². The molecule has 2 aromatic rings. The first-order valence-electron chi connectivity index (χ1n) is 16.3. The number of aliphatic hydroxyl groups is 1. The fourth-order valence-corrected chi connectivity index (χ4v) is 8.07. The van der Waals surface area contributed by atoms with Gasteiger partial charge in [-0.3, -0.25) is 14.4 Å². The minimum atomic E-state index is -1.20. The van der Waals surface area contributed by atoms with Crippen LogP contribution in [-0.2, 0) is 25.7 Å². The smallest absolute Gasteiger partial charge is 0.249 e. The minimum absolute atomic E-state index is 0.0838. The summed E-state index contributed by atoms with van der Waals surface area (Å²) in [7, 11) is 0. The molecule has 2 aromatic carbocycles. The number of carbonyl (C=O) groups is 3. The van der Waals surface area contributed by atoms with Crippen molar-refractivity contribution < 1.29 is 24.2 Å². The van der Waals surface area contributed by atoms with Crippen molar-refractivity contribution in [3.8, 4) is 0 Å². The Morgan fingerprint density at radius 2 is 1.67 bits per heavy atom. The van der Waals surface area contributed by atoms with E-state index in [0.29, 0.717) is 37.9 Å². The Kier molecular flexibility index (Phi) is 9.65. The minimum Gasteiger partial charge on any atom is -0.394 e. The Bertz CT molecular complexity index is 1400. The summed E-state index contributed by atoms with van der Waals surface area (Å²) in [5, 5.41) is 10.7. The second kappa shape index (κ2) is 13.3. The number of nitrogens with zero attached hydrogens (tertiary/aromatic N) is 3. The third kappa shape index (κ3) is 5.42. The molecule has 240 valence electrons. The van der Waals surface area contributed by atoms with Gasteiger partial charge in [0, 0.05) is 25.3 Å². The Morgan fingerprint density at radius 1 is 1.02 bits per heavy atom. The Balaban J connectivity index is 1.64. The lowest BCUT2D eigenvalue weighted by molar-refractivity contribution is -0.157. The van der Waals surface area contributed by atoms with Crippen LogP contribution in [0.4, 0.5) is 5.69 Å². The molecule has 0 aromatic heterocycles. The molecule has 1 spiro atoms. The van der Waals surface area contributed by atoms with Crippen LogP contribution < -0.4 is 4.90 Å². The summed E-state index contributed by atoms with van der Waals surface area (Å²) in [6.45, 7) is 14.4. The molecular weight excluding hydrogens is 566 g/mol. The van der Waals surface area contributed by atoms with E-state index in [0.717, 1.165) is 5.56 Å². The van der Waals surface area contributed by atoms with Crippen LogP contribution in [0.5, 0.6) is 0 Å². The van der Waals surface area contributed by atoms with Crippen LogP contribution >= 0.6 is 0 Å². The summed E-state index contributed by atoms with van der Waals surface area (Å²) in [5.41, 5.74) is -0.411. The van der Waals surface area contributed by atoms with Crippen molar-refractivity contribution in [1.29, 1.82) is 0 Å². The standard InChI is InChI=1S/C37H47N3O5/c1-6-22-38(24-27-16-12-10-13-17-27)35(44)32-37-21-20-36(9-4,45-37)30(31(37)34(43)40(32)29(25-41)26(5)8-3)33(42)39(23-7-2)28-18-14-11-15-19-28/h6-7,10-19,26,29-32,41H,1-2,8-9,20-25H2,3-5H3/t26-,29-,30-,31-,32?,36+,37?/m0/s1. The summed E-state index contributed by atoms with van der Waals surface area (Å²) < 4.78 is 7.05. The molecule has 7 atom stereocenters. The van der Waals surface area contributed by atoms with Crippen molar-refractivity contribution in [2.45, 2.75) is 76.3 Å². The predicted molar refractivity (Wildman–Crippen MR) is 175 cm³/mol. The molecule has 0 aliphatic carbocycles. The van der Waals surface area contributed by atoms with Gasteiger partial charge in [-0.25, -0.2) is 0 Å². The van der Waals surface area contributed by atoms with Gasteiger partial charge in [0.1, 0.15) is 11.6 Å². The zero-order valence-corrected chi connectivity index (χ0v) is 26.8. The third-order valence-electron chi connectivity index (χ3n) is 10.5. The fourth-order valence-electron chi connectivity index (χ4n) is 8.07. The highest BCUT2D eigenvalue weighted by atomic mass is 16.5. The van der Waals surface area contributed by atoms with Crippen LogP contribution in [0, 0.1) is 17.8 Å². The van der Waals surface area contributed by atoms with Crippen molar-refractivity contribution in [2.24, 2.45) is 17.8 Å².